The Morgan fingerprint density at radius 2 is 2.05 bits per heavy atom. The normalized spacial score (nSPS) is 15.5. The molecule has 1 fully saturated rings. The van der Waals surface area contributed by atoms with Gasteiger partial charge in [0.15, 0.2) is 0 Å². The van der Waals surface area contributed by atoms with Crippen molar-refractivity contribution in [1.82, 2.24) is 4.90 Å². The summed E-state index contributed by atoms with van der Waals surface area (Å²) in [6.07, 6.45) is 3.91. The van der Waals surface area contributed by atoms with E-state index in [2.05, 4.69) is 0 Å². The summed E-state index contributed by atoms with van der Waals surface area (Å²) >= 11 is 0. The summed E-state index contributed by atoms with van der Waals surface area (Å²) in [4.78, 5) is 23.7. The van der Waals surface area contributed by atoms with Gasteiger partial charge in [-0.25, -0.2) is 4.39 Å². The molecule has 2 rings (SSSR count). The first kappa shape index (κ1) is 13.5. The molecule has 1 aliphatic rings. The SMILES string of the molecule is CN(C(=O)c1cc([N+](=O)[O-])ccc1F)C1CCCC1. The summed E-state index contributed by atoms with van der Waals surface area (Å²) in [5.74, 6) is -1.21. The van der Waals surface area contributed by atoms with Crippen LogP contribution in [0.3, 0.4) is 0 Å². The zero-order valence-electron chi connectivity index (χ0n) is 10.6. The van der Waals surface area contributed by atoms with Crippen molar-refractivity contribution in [1.29, 1.82) is 0 Å². The minimum atomic E-state index is -0.722. The largest absolute Gasteiger partial charge is 0.339 e. The maximum atomic E-state index is 13.7. The van der Waals surface area contributed by atoms with E-state index >= 15 is 0 Å². The molecule has 1 saturated carbocycles. The quantitative estimate of drug-likeness (QED) is 0.624. The molecule has 0 atom stereocenters. The summed E-state index contributed by atoms with van der Waals surface area (Å²) < 4.78 is 13.7. The van der Waals surface area contributed by atoms with E-state index in [-0.39, 0.29) is 17.3 Å². The van der Waals surface area contributed by atoms with Crippen molar-refractivity contribution >= 4 is 11.6 Å². The highest BCUT2D eigenvalue weighted by Gasteiger charge is 2.27. The number of carbonyl (C=O) groups excluding carboxylic acids is 1. The second kappa shape index (κ2) is 5.34. The smallest absolute Gasteiger partial charge is 0.270 e. The molecule has 5 nitrogen and oxygen atoms in total. The van der Waals surface area contributed by atoms with Gasteiger partial charge in [0.2, 0.25) is 0 Å². The number of non-ortho nitro benzene ring substituents is 1. The van der Waals surface area contributed by atoms with Crippen LogP contribution in [0.2, 0.25) is 0 Å². The first-order valence-corrected chi connectivity index (χ1v) is 6.22. The molecule has 19 heavy (non-hydrogen) atoms. The molecule has 6 heteroatoms. The van der Waals surface area contributed by atoms with Crippen LogP contribution in [0.15, 0.2) is 18.2 Å². The number of carbonyl (C=O) groups is 1. The van der Waals surface area contributed by atoms with Crippen LogP contribution in [-0.2, 0) is 0 Å². The highest BCUT2D eigenvalue weighted by molar-refractivity contribution is 5.95. The van der Waals surface area contributed by atoms with Crippen LogP contribution in [0, 0.1) is 15.9 Å². The fourth-order valence-corrected chi connectivity index (χ4v) is 2.44. The Morgan fingerprint density at radius 1 is 1.42 bits per heavy atom. The predicted molar refractivity (Wildman–Crippen MR) is 67.4 cm³/mol. The van der Waals surface area contributed by atoms with Crippen LogP contribution in [0.25, 0.3) is 0 Å². The van der Waals surface area contributed by atoms with Gasteiger partial charge >= 0.3 is 0 Å². The molecule has 0 aliphatic heterocycles. The van der Waals surface area contributed by atoms with Gasteiger partial charge in [-0.3, -0.25) is 14.9 Å². The van der Waals surface area contributed by atoms with Crippen molar-refractivity contribution in [2.45, 2.75) is 31.7 Å². The van der Waals surface area contributed by atoms with Crippen molar-refractivity contribution in [2.24, 2.45) is 0 Å². The third-order valence-electron chi connectivity index (χ3n) is 3.58. The zero-order valence-corrected chi connectivity index (χ0v) is 10.6. The molecule has 0 aromatic heterocycles. The lowest BCUT2D eigenvalue weighted by Crippen LogP contribution is -2.35. The Hall–Kier alpha value is -1.98. The molecule has 0 radical (unpaired) electrons. The number of nitro groups is 1. The highest BCUT2D eigenvalue weighted by Crippen LogP contribution is 2.25. The van der Waals surface area contributed by atoms with Crippen LogP contribution in [0.5, 0.6) is 0 Å². The van der Waals surface area contributed by atoms with E-state index in [4.69, 9.17) is 0 Å². The van der Waals surface area contributed by atoms with E-state index in [9.17, 15) is 19.3 Å². The third kappa shape index (κ3) is 2.72. The summed E-state index contributed by atoms with van der Waals surface area (Å²) in [5.41, 5.74) is -0.506. The van der Waals surface area contributed by atoms with Crippen LogP contribution < -0.4 is 0 Å². The van der Waals surface area contributed by atoms with E-state index < -0.39 is 16.6 Å². The van der Waals surface area contributed by atoms with E-state index in [1.54, 1.807) is 7.05 Å². The standard InChI is InChI=1S/C13H15FN2O3/c1-15(9-4-2-3-5-9)13(17)11-8-10(16(18)19)6-7-12(11)14/h6-9H,2-5H2,1H3. The molecular formula is C13H15FN2O3. The molecule has 0 N–H and O–H groups in total. The minimum Gasteiger partial charge on any atom is -0.339 e. The molecule has 0 spiro atoms. The van der Waals surface area contributed by atoms with Crippen molar-refractivity contribution in [3.05, 3.63) is 39.7 Å². The molecule has 0 saturated heterocycles. The van der Waals surface area contributed by atoms with Gasteiger partial charge in [0.05, 0.1) is 10.5 Å². The van der Waals surface area contributed by atoms with E-state index in [1.165, 1.54) is 4.90 Å². The number of nitro benzene ring substituents is 1. The van der Waals surface area contributed by atoms with E-state index in [0.29, 0.717) is 0 Å². The Labute approximate surface area is 110 Å². The van der Waals surface area contributed by atoms with Crippen LogP contribution in [0.1, 0.15) is 36.0 Å². The molecule has 1 amide bonds. The lowest BCUT2D eigenvalue weighted by atomic mass is 10.1. The topological polar surface area (TPSA) is 63.5 Å². The Balaban J connectivity index is 2.26. The van der Waals surface area contributed by atoms with Crippen molar-refractivity contribution in [2.75, 3.05) is 7.05 Å². The van der Waals surface area contributed by atoms with Crippen molar-refractivity contribution < 1.29 is 14.1 Å². The summed E-state index contributed by atoms with van der Waals surface area (Å²) in [6, 6.07) is 3.13. The van der Waals surface area contributed by atoms with Gasteiger partial charge in [0, 0.05) is 25.2 Å². The molecular weight excluding hydrogens is 251 g/mol. The van der Waals surface area contributed by atoms with Crippen LogP contribution in [0.4, 0.5) is 10.1 Å². The predicted octanol–water partition coefficient (Wildman–Crippen LogP) is 2.75. The molecule has 0 bridgehead atoms. The summed E-state index contributed by atoms with van der Waals surface area (Å²) in [7, 11) is 1.62. The van der Waals surface area contributed by atoms with Crippen molar-refractivity contribution in [3.63, 3.8) is 0 Å². The highest BCUT2D eigenvalue weighted by atomic mass is 19.1. The summed E-state index contributed by atoms with van der Waals surface area (Å²) in [5, 5.41) is 10.7. The number of halogens is 1. The van der Waals surface area contributed by atoms with E-state index in [1.807, 2.05) is 0 Å². The zero-order chi connectivity index (χ0) is 14.0. The fourth-order valence-electron chi connectivity index (χ4n) is 2.44. The molecule has 102 valence electrons. The van der Waals surface area contributed by atoms with Crippen LogP contribution in [-0.4, -0.2) is 28.8 Å². The lowest BCUT2D eigenvalue weighted by molar-refractivity contribution is -0.384. The number of hydrogen-bond acceptors (Lipinski definition) is 3. The van der Waals surface area contributed by atoms with Gasteiger partial charge in [-0.15, -0.1) is 0 Å². The summed E-state index contributed by atoms with van der Waals surface area (Å²) in [6.45, 7) is 0. The number of rotatable bonds is 3. The van der Waals surface area contributed by atoms with Crippen LogP contribution >= 0.6 is 0 Å². The first-order chi connectivity index (χ1) is 9.00. The average Bonchev–Trinajstić information content (AvgIpc) is 2.91. The number of amides is 1. The number of nitrogens with zero attached hydrogens (tertiary/aromatic N) is 2. The van der Waals surface area contributed by atoms with Gasteiger partial charge < -0.3 is 4.90 Å². The van der Waals surface area contributed by atoms with Gasteiger partial charge in [-0.1, -0.05) is 12.8 Å². The Kier molecular flexibility index (Phi) is 3.78. The van der Waals surface area contributed by atoms with Gasteiger partial charge in [-0.2, -0.15) is 0 Å². The molecule has 0 heterocycles. The Morgan fingerprint density at radius 3 is 2.63 bits per heavy atom. The van der Waals surface area contributed by atoms with Gasteiger partial charge in [0.1, 0.15) is 5.82 Å². The second-order valence-electron chi connectivity index (χ2n) is 4.78. The Bertz CT molecular complexity index is 513. The maximum Gasteiger partial charge on any atom is 0.270 e. The van der Waals surface area contributed by atoms with E-state index in [0.717, 1.165) is 43.9 Å². The second-order valence-corrected chi connectivity index (χ2v) is 4.78. The lowest BCUT2D eigenvalue weighted by Gasteiger charge is -2.24. The number of hydrogen-bond donors (Lipinski definition) is 0. The number of benzene rings is 1. The monoisotopic (exact) mass is 266 g/mol. The molecule has 0 unspecified atom stereocenters. The van der Waals surface area contributed by atoms with Gasteiger partial charge in [0.25, 0.3) is 11.6 Å². The first-order valence-electron chi connectivity index (χ1n) is 6.22. The maximum absolute atomic E-state index is 13.7. The van der Waals surface area contributed by atoms with Crippen molar-refractivity contribution in [3.8, 4) is 0 Å². The fraction of sp³-hybridized carbons (Fsp3) is 0.462. The molecule has 1 aliphatic carbocycles. The third-order valence-corrected chi connectivity index (χ3v) is 3.58. The molecule has 1 aromatic carbocycles. The van der Waals surface area contributed by atoms with Gasteiger partial charge in [-0.05, 0) is 18.9 Å². The average molecular weight is 266 g/mol. The minimum absolute atomic E-state index is 0.103. The molecule has 1 aromatic rings.